The molecule has 110 valence electrons. The van der Waals surface area contributed by atoms with Gasteiger partial charge in [0.05, 0.1) is 11.7 Å². The second-order valence-electron chi connectivity index (χ2n) is 5.46. The van der Waals surface area contributed by atoms with Gasteiger partial charge in [-0.3, -0.25) is 4.79 Å². The maximum absolute atomic E-state index is 12.1. The lowest BCUT2D eigenvalue weighted by Gasteiger charge is -2.12. The number of hydrogen-bond acceptors (Lipinski definition) is 4. The predicted molar refractivity (Wildman–Crippen MR) is 81.1 cm³/mol. The first-order valence-corrected chi connectivity index (χ1v) is 7.21. The van der Waals surface area contributed by atoms with Crippen LogP contribution >= 0.6 is 0 Å². The highest BCUT2D eigenvalue weighted by atomic mass is 16.3. The molecule has 0 saturated carbocycles. The van der Waals surface area contributed by atoms with Crippen molar-refractivity contribution in [3.05, 3.63) is 35.7 Å². The van der Waals surface area contributed by atoms with E-state index in [2.05, 4.69) is 15.6 Å². The van der Waals surface area contributed by atoms with Crippen LogP contribution < -0.4 is 10.6 Å². The Morgan fingerprint density at radius 1 is 1.43 bits per heavy atom. The molecule has 1 aliphatic rings. The number of hydrogen-bond donors (Lipinski definition) is 2. The minimum absolute atomic E-state index is 0.0193. The number of rotatable bonds is 3. The summed E-state index contributed by atoms with van der Waals surface area (Å²) in [7, 11) is 0. The van der Waals surface area contributed by atoms with Crippen molar-refractivity contribution in [1.82, 2.24) is 10.3 Å². The monoisotopic (exact) mass is 285 g/mol. The highest BCUT2D eigenvalue weighted by molar-refractivity contribution is 5.95. The van der Waals surface area contributed by atoms with Crippen LogP contribution in [0.5, 0.6) is 0 Å². The summed E-state index contributed by atoms with van der Waals surface area (Å²) in [5.74, 6) is 0.603. The van der Waals surface area contributed by atoms with Gasteiger partial charge < -0.3 is 15.1 Å². The van der Waals surface area contributed by atoms with E-state index >= 15 is 0 Å². The molecule has 2 aromatic rings. The fourth-order valence-corrected chi connectivity index (χ4v) is 2.55. The van der Waals surface area contributed by atoms with Crippen molar-refractivity contribution in [1.29, 1.82) is 0 Å². The molecule has 5 nitrogen and oxygen atoms in total. The molecule has 1 unspecified atom stereocenters. The number of aryl methyl sites for hydroxylation is 2. The Morgan fingerprint density at radius 2 is 2.29 bits per heavy atom. The molecular weight excluding hydrogens is 266 g/mol. The second kappa shape index (κ2) is 5.69. The maximum atomic E-state index is 12.1. The molecule has 2 N–H and O–H groups in total. The zero-order chi connectivity index (χ0) is 14.8. The van der Waals surface area contributed by atoms with Crippen LogP contribution in [0, 0.1) is 13.8 Å². The van der Waals surface area contributed by atoms with Gasteiger partial charge >= 0.3 is 0 Å². The van der Waals surface area contributed by atoms with Crippen LogP contribution in [0.25, 0.3) is 11.5 Å². The van der Waals surface area contributed by atoms with E-state index < -0.39 is 0 Å². The fourth-order valence-electron chi connectivity index (χ4n) is 2.55. The van der Waals surface area contributed by atoms with Crippen LogP contribution in [0.4, 0.5) is 5.69 Å². The molecule has 0 aliphatic carbocycles. The Morgan fingerprint density at radius 3 is 2.95 bits per heavy atom. The molecule has 2 heterocycles. The normalized spacial score (nSPS) is 17.9. The van der Waals surface area contributed by atoms with Crippen LogP contribution in [-0.2, 0) is 4.79 Å². The molecule has 1 atom stereocenters. The third-order valence-electron chi connectivity index (χ3n) is 3.73. The number of nitrogens with one attached hydrogen (secondary N) is 2. The van der Waals surface area contributed by atoms with E-state index in [1.165, 1.54) is 0 Å². The molecule has 0 radical (unpaired) electrons. The number of oxazole rings is 1. The van der Waals surface area contributed by atoms with E-state index in [-0.39, 0.29) is 11.9 Å². The molecule has 1 saturated heterocycles. The standard InChI is InChI=1S/C16H19N3O2/c1-10-5-6-12(19-15(20)14-4-3-7-17-14)8-13(10)16-18-11(2)9-21-16/h5-6,8-9,14,17H,3-4,7H2,1-2H3,(H,19,20). The molecule has 1 amide bonds. The number of benzene rings is 1. The van der Waals surface area contributed by atoms with Gasteiger partial charge in [0.25, 0.3) is 0 Å². The second-order valence-corrected chi connectivity index (χ2v) is 5.46. The van der Waals surface area contributed by atoms with Crippen molar-refractivity contribution >= 4 is 11.6 Å². The molecule has 0 bridgehead atoms. The van der Waals surface area contributed by atoms with Crippen LogP contribution in [0.3, 0.4) is 0 Å². The Balaban J connectivity index is 1.82. The van der Waals surface area contributed by atoms with Gasteiger partial charge in [-0.25, -0.2) is 4.98 Å². The number of anilines is 1. The zero-order valence-corrected chi connectivity index (χ0v) is 12.3. The number of amides is 1. The Kier molecular flexibility index (Phi) is 3.75. The van der Waals surface area contributed by atoms with Crippen molar-refractivity contribution in [3.8, 4) is 11.5 Å². The van der Waals surface area contributed by atoms with E-state index in [4.69, 9.17) is 4.42 Å². The van der Waals surface area contributed by atoms with E-state index in [1.54, 1.807) is 6.26 Å². The van der Waals surface area contributed by atoms with Gasteiger partial charge in [-0.1, -0.05) is 6.07 Å². The quantitative estimate of drug-likeness (QED) is 0.909. The average Bonchev–Trinajstić information content (AvgIpc) is 3.12. The van der Waals surface area contributed by atoms with Gasteiger partial charge in [0, 0.05) is 11.3 Å². The van der Waals surface area contributed by atoms with E-state index in [0.717, 1.165) is 41.9 Å². The van der Waals surface area contributed by atoms with Crippen LogP contribution in [-0.4, -0.2) is 23.5 Å². The molecule has 1 aromatic heterocycles. The van der Waals surface area contributed by atoms with Gasteiger partial charge in [0.15, 0.2) is 0 Å². The molecule has 1 fully saturated rings. The topological polar surface area (TPSA) is 67.2 Å². The predicted octanol–water partition coefficient (Wildman–Crippen LogP) is 2.65. The summed E-state index contributed by atoms with van der Waals surface area (Å²) in [4.78, 5) is 16.5. The largest absolute Gasteiger partial charge is 0.444 e. The van der Waals surface area contributed by atoms with Crippen LogP contribution in [0.15, 0.2) is 28.9 Å². The molecular formula is C16H19N3O2. The first-order valence-electron chi connectivity index (χ1n) is 7.21. The lowest BCUT2D eigenvalue weighted by molar-refractivity contribution is -0.117. The van der Waals surface area contributed by atoms with E-state index in [1.807, 2.05) is 32.0 Å². The third kappa shape index (κ3) is 2.97. The summed E-state index contributed by atoms with van der Waals surface area (Å²) in [6.45, 7) is 4.80. The van der Waals surface area contributed by atoms with Crippen molar-refractivity contribution in [3.63, 3.8) is 0 Å². The Bertz CT molecular complexity index is 657. The summed E-state index contributed by atoms with van der Waals surface area (Å²) in [6.07, 6.45) is 3.57. The first kappa shape index (κ1) is 13.8. The van der Waals surface area contributed by atoms with Crippen LogP contribution in [0.1, 0.15) is 24.1 Å². The molecule has 1 aliphatic heterocycles. The summed E-state index contributed by atoms with van der Waals surface area (Å²) >= 11 is 0. The number of aromatic nitrogens is 1. The van der Waals surface area contributed by atoms with Gasteiger partial charge in [0.1, 0.15) is 6.26 Å². The molecule has 5 heteroatoms. The van der Waals surface area contributed by atoms with Crippen molar-refractivity contribution in [2.24, 2.45) is 0 Å². The maximum Gasteiger partial charge on any atom is 0.241 e. The first-order chi connectivity index (χ1) is 10.1. The molecule has 0 spiro atoms. The highest BCUT2D eigenvalue weighted by Crippen LogP contribution is 2.26. The van der Waals surface area contributed by atoms with Crippen molar-refractivity contribution in [2.75, 3.05) is 11.9 Å². The summed E-state index contributed by atoms with van der Waals surface area (Å²) in [5.41, 5.74) is 3.58. The summed E-state index contributed by atoms with van der Waals surface area (Å²) in [5, 5.41) is 6.15. The zero-order valence-electron chi connectivity index (χ0n) is 12.3. The Hall–Kier alpha value is -2.14. The van der Waals surface area contributed by atoms with Gasteiger partial charge in [-0.05, 0) is 50.9 Å². The SMILES string of the molecule is Cc1coc(-c2cc(NC(=O)C3CCCN3)ccc2C)n1. The lowest BCUT2D eigenvalue weighted by atomic mass is 10.1. The van der Waals surface area contributed by atoms with Gasteiger partial charge in [-0.15, -0.1) is 0 Å². The van der Waals surface area contributed by atoms with Gasteiger partial charge in [0.2, 0.25) is 11.8 Å². The average molecular weight is 285 g/mol. The van der Waals surface area contributed by atoms with Gasteiger partial charge in [-0.2, -0.15) is 0 Å². The van der Waals surface area contributed by atoms with Crippen molar-refractivity contribution < 1.29 is 9.21 Å². The highest BCUT2D eigenvalue weighted by Gasteiger charge is 2.22. The third-order valence-corrected chi connectivity index (χ3v) is 3.73. The minimum Gasteiger partial charge on any atom is -0.444 e. The lowest BCUT2D eigenvalue weighted by Crippen LogP contribution is -2.35. The molecule has 21 heavy (non-hydrogen) atoms. The smallest absolute Gasteiger partial charge is 0.241 e. The number of nitrogens with zero attached hydrogens (tertiary/aromatic N) is 1. The van der Waals surface area contributed by atoms with E-state index in [9.17, 15) is 4.79 Å². The minimum atomic E-state index is -0.0845. The number of carbonyl (C=O) groups excluding carboxylic acids is 1. The van der Waals surface area contributed by atoms with Crippen molar-refractivity contribution in [2.45, 2.75) is 32.7 Å². The van der Waals surface area contributed by atoms with Crippen LogP contribution in [0.2, 0.25) is 0 Å². The molecule has 1 aromatic carbocycles. The van der Waals surface area contributed by atoms with E-state index in [0.29, 0.717) is 5.89 Å². The fraction of sp³-hybridized carbons (Fsp3) is 0.375. The summed E-state index contributed by atoms with van der Waals surface area (Å²) < 4.78 is 5.45. The molecule has 3 rings (SSSR count). The Labute approximate surface area is 123 Å². The number of carbonyl (C=O) groups is 1. The summed E-state index contributed by atoms with van der Waals surface area (Å²) in [6, 6.07) is 5.69.